The van der Waals surface area contributed by atoms with Crippen LogP contribution in [0.25, 0.3) is 11.3 Å². The van der Waals surface area contributed by atoms with Gasteiger partial charge in [0.1, 0.15) is 11.4 Å². The minimum Gasteiger partial charge on any atom is -0.328 e. The third kappa shape index (κ3) is 2.87. The fourth-order valence-corrected chi connectivity index (χ4v) is 5.28. The number of carbonyl (C=O) groups is 1. The van der Waals surface area contributed by atoms with E-state index in [0.29, 0.717) is 39.0 Å². The van der Waals surface area contributed by atoms with E-state index in [1.54, 1.807) is 17.8 Å². The zero-order valence-corrected chi connectivity index (χ0v) is 16.6. The summed E-state index contributed by atoms with van der Waals surface area (Å²) in [5, 5.41) is 4.24. The van der Waals surface area contributed by atoms with E-state index in [2.05, 4.69) is 9.67 Å². The van der Waals surface area contributed by atoms with Gasteiger partial charge in [-0.1, -0.05) is 0 Å². The Balaban J connectivity index is 1.76. The smallest absolute Gasteiger partial charge is 0.220 e. The van der Waals surface area contributed by atoms with Crippen LogP contribution < -0.4 is 0 Å². The number of carbonyl (C=O) groups excluding carboxylic acids is 1. The lowest BCUT2D eigenvalue weighted by Crippen LogP contribution is -2.59. The van der Waals surface area contributed by atoms with Gasteiger partial charge < -0.3 is 9.47 Å². The van der Waals surface area contributed by atoms with E-state index in [-0.39, 0.29) is 5.91 Å². The molecule has 2 aromatic rings. The highest BCUT2D eigenvalue weighted by molar-refractivity contribution is 7.88. The Bertz CT molecular complexity index is 984. The minimum atomic E-state index is -3.24. The first-order valence-electron chi connectivity index (χ1n) is 9.01. The molecule has 1 fully saturated rings. The van der Waals surface area contributed by atoms with Crippen LogP contribution in [0, 0.1) is 0 Å². The summed E-state index contributed by atoms with van der Waals surface area (Å²) in [5.41, 5.74) is 1.40. The number of fused-ring (bicyclic) bond motifs is 2. The predicted octanol–water partition coefficient (Wildman–Crippen LogP) is 0.396. The average molecular weight is 392 g/mol. The molecule has 146 valence electrons. The SMILES string of the molecule is CC(=O)N1CCn2c(-c3cnn(C)c3)cnc2C12CCN(S(C)(=O)=O)CC2. The van der Waals surface area contributed by atoms with Crippen LogP contribution in [-0.4, -0.2) is 68.8 Å². The fourth-order valence-electron chi connectivity index (χ4n) is 4.43. The maximum Gasteiger partial charge on any atom is 0.220 e. The standard InChI is InChI=1S/C17H24N6O3S/c1-13(24)23-9-8-22-15(14-10-19-20(2)12-14)11-18-16(22)17(23)4-6-21(7-5-17)27(3,25)26/h10-12H,4-9H2,1-3H3. The van der Waals surface area contributed by atoms with Crippen LogP contribution in [0.1, 0.15) is 25.6 Å². The molecule has 0 radical (unpaired) electrons. The fraction of sp³-hybridized carbons (Fsp3) is 0.588. The summed E-state index contributed by atoms with van der Waals surface area (Å²) in [4.78, 5) is 19.0. The Hall–Kier alpha value is -2.20. The second kappa shape index (κ2) is 6.16. The molecule has 2 aliphatic heterocycles. The molecule has 1 spiro atoms. The van der Waals surface area contributed by atoms with Gasteiger partial charge in [0.25, 0.3) is 0 Å². The Labute approximate surface area is 158 Å². The summed E-state index contributed by atoms with van der Waals surface area (Å²) in [6.45, 7) is 3.60. The molecule has 2 aromatic heterocycles. The summed E-state index contributed by atoms with van der Waals surface area (Å²) >= 11 is 0. The molecule has 4 heterocycles. The Morgan fingerprint density at radius 1 is 1.15 bits per heavy atom. The quantitative estimate of drug-likeness (QED) is 0.737. The van der Waals surface area contributed by atoms with Crippen molar-refractivity contribution >= 4 is 15.9 Å². The van der Waals surface area contributed by atoms with Gasteiger partial charge in [0.15, 0.2) is 0 Å². The van der Waals surface area contributed by atoms with E-state index in [0.717, 1.165) is 17.1 Å². The first-order valence-corrected chi connectivity index (χ1v) is 10.9. The molecular formula is C17H24N6O3S. The van der Waals surface area contributed by atoms with E-state index in [1.165, 1.54) is 10.6 Å². The van der Waals surface area contributed by atoms with Crippen molar-refractivity contribution in [3.8, 4) is 11.3 Å². The molecular weight excluding hydrogens is 368 g/mol. The van der Waals surface area contributed by atoms with Crippen LogP contribution in [0.3, 0.4) is 0 Å². The zero-order valence-electron chi connectivity index (χ0n) is 15.8. The van der Waals surface area contributed by atoms with E-state index in [4.69, 9.17) is 4.98 Å². The van der Waals surface area contributed by atoms with Crippen LogP contribution in [0.4, 0.5) is 0 Å². The molecule has 0 aliphatic carbocycles. The number of aryl methyl sites for hydroxylation is 1. The zero-order chi connectivity index (χ0) is 19.4. The highest BCUT2D eigenvalue weighted by atomic mass is 32.2. The van der Waals surface area contributed by atoms with Gasteiger partial charge in [-0.15, -0.1) is 0 Å². The van der Waals surface area contributed by atoms with Gasteiger partial charge in [-0.2, -0.15) is 5.10 Å². The summed E-state index contributed by atoms with van der Waals surface area (Å²) in [5.74, 6) is 0.843. The summed E-state index contributed by atoms with van der Waals surface area (Å²) < 4.78 is 29.2. The second-order valence-electron chi connectivity index (χ2n) is 7.39. The van der Waals surface area contributed by atoms with Gasteiger partial charge in [0.2, 0.25) is 15.9 Å². The maximum atomic E-state index is 12.4. The first kappa shape index (κ1) is 18.2. The summed E-state index contributed by atoms with van der Waals surface area (Å²) in [6, 6.07) is 0. The number of nitrogens with zero attached hydrogens (tertiary/aromatic N) is 6. The molecule has 0 N–H and O–H groups in total. The Morgan fingerprint density at radius 2 is 1.85 bits per heavy atom. The van der Waals surface area contributed by atoms with Gasteiger partial charge in [0.05, 0.1) is 24.3 Å². The number of piperidine rings is 1. The predicted molar refractivity (Wildman–Crippen MR) is 99.1 cm³/mol. The van der Waals surface area contributed by atoms with Gasteiger partial charge in [-0.05, 0) is 12.8 Å². The molecule has 0 bridgehead atoms. The van der Waals surface area contributed by atoms with Crippen molar-refractivity contribution in [2.45, 2.75) is 31.8 Å². The minimum absolute atomic E-state index is 0.0000154. The Morgan fingerprint density at radius 3 is 2.41 bits per heavy atom. The third-order valence-corrected chi connectivity index (χ3v) is 7.04. The monoisotopic (exact) mass is 392 g/mol. The molecule has 1 saturated heterocycles. The maximum absolute atomic E-state index is 12.4. The lowest BCUT2D eigenvalue weighted by molar-refractivity contribution is -0.140. The van der Waals surface area contributed by atoms with E-state index >= 15 is 0 Å². The van der Waals surface area contributed by atoms with Crippen LogP contribution >= 0.6 is 0 Å². The van der Waals surface area contributed by atoms with Crippen molar-refractivity contribution in [3.63, 3.8) is 0 Å². The number of aromatic nitrogens is 4. The summed E-state index contributed by atoms with van der Waals surface area (Å²) in [7, 11) is -1.37. The van der Waals surface area contributed by atoms with Crippen molar-refractivity contribution in [3.05, 3.63) is 24.4 Å². The van der Waals surface area contributed by atoms with Crippen molar-refractivity contribution in [1.29, 1.82) is 0 Å². The highest BCUT2D eigenvalue weighted by Gasteiger charge is 2.49. The van der Waals surface area contributed by atoms with Crippen LogP contribution in [0.2, 0.25) is 0 Å². The number of sulfonamides is 1. The highest BCUT2D eigenvalue weighted by Crippen LogP contribution is 2.42. The lowest BCUT2D eigenvalue weighted by atomic mass is 9.83. The van der Waals surface area contributed by atoms with Gasteiger partial charge in [-0.25, -0.2) is 17.7 Å². The molecule has 2 aliphatic rings. The molecule has 0 unspecified atom stereocenters. The topological polar surface area (TPSA) is 93.3 Å². The molecule has 10 heteroatoms. The second-order valence-corrected chi connectivity index (χ2v) is 9.37. The van der Waals surface area contributed by atoms with Crippen molar-refractivity contribution in [1.82, 2.24) is 28.5 Å². The molecule has 0 atom stereocenters. The molecule has 27 heavy (non-hydrogen) atoms. The number of hydrogen-bond acceptors (Lipinski definition) is 5. The molecule has 1 amide bonds. The largest absolute Gasteiger partial charge is 0.328 e. The Kier molecular flexibility index (Phi) is 4.15. The van der Waals surface area contributed by atoms with Gasteiger partial charge >= 0.3 is 0 Å². The molecule has 0 aromatic carbocycles. The van der Waals surface area contributed by atoms with Crippen LogP contribution in [0.5, 0.6) is 0 Å². The van der Waals surface area contributed by atoms with Crippen molar-refractivity contribution < 1.29 is 13.2 Å². The normalized spacial score (nSPS) is 20.0. The third-order valence-electron chi connectivity index (χ3n) is 5.74. The number of hydrogen-bond donors (Lipinski definition) is 0. The number of rotatable bonds is 2. The lowest BCUT2D eigenvalue weighted by Gasteiger charge is -2.50. The van der Waals surface area contributed by atoms with E-state index in [1.807, 2.05) is 24.3 Å². The number of imidazole rings is 1. The average Bonchev–Trinajstić information content (AvgIpc) is 3.21. The number of amides is 1. The van der Waals surface area contributed by atoms with Crippen LogP contribution in [-0.2, 0) is 33.9 Å². The van der Waals surface area contributed by atoms with Crippen LogP contribution in [0.15, 0.2) is 18.6 Å². The van der Waals surface area contributed by atoms with Gasteiger partial charge in [0, 0.05) is 51.9 Å². The van der Waals surface area contributed by atoms with Gasteiger partial charge in [-0.3, -0.25) is 9.48 Å². The van der Waals surface area contributed by atoms with E-state index in [9.17, 15) is 13.2 Å². The molecule has 0 saturated carbocycles. The van der Waals surface area contributed by atoms with Crippen molar-refractivity contribution in [2.75, 3.05) is 25.9 Å². The molecule has 9 nitrogen and oxygen atoms in total. The first-order chi connectivity index (χ1) is 12.7. The summed E-state index contributed by atoms with van der Waals surface area (Å²) in [6.07, 6.45) is 7.91. The van der Waals surface area contributed by atoms with Crippen molar-refractivity contribution in [2.24, 2.45) is 7.05 Å². The molecule has 4 rings (SSSR count). The van der Waals surface area contributed by atoms with E-state index < -0.39 is 15.6 Å².